The second kappa shape index (κ2) is 2.95. The van der Waals surface area contributed by atoms with Gasteiger partial charge in [0.15, 0.2) is 0 Å². The molecule has 0 amide bonds. The van der Waals surface area contributed by atoms with E-state index in [1.807, 2.05) is 13.0 Å². The zero-order chi connectivity index (χ0) is 7.56. The fourth-order valence-corrected chi connectivity index (χ4v) is 1.14. The Kier molecular flexibility index (Phi) is 2.20. The monoisotopic (exact) mass is 141 g/mol. The van der Waals surface area contributed by atoms with Crippen molar-refractivity contribution in [2.45, 2.75) is 25.9 Å². The van der Waals surface area contributed by atoms with Crippen LogP contribution in [0.5, 0.6) is 0 Å². The first-order valence-corrected chi connectivity index (χ1v) is 3.51. The van der Waals surface area contributed by atoms with E-state index in [0.717, 1.165) is 11.3 Å². The maximum absolute atomic E-state index is 12.7. The van der Waals surface area contributed by atoms with Gasteiger partial charge >= 0.3 is 0 Å². The summed E-state index contributed by atoms with van der Waals surface area (Å²) >= 11 is 0. The van der Waals surface area contributed by atoms with Gasteiger partial charge in [-0.05, 0) is 18.9 Å². The van der Waals surface area contributed by atoms with Gasteiger partial charge in [-0.3, -0.25) is 4.99 Å². The van der Waals surface area contributed by atoms with Crippen LogP contribution in [-0.2, 0) is 0 Å². The molecule has 0 bridgehead atoms. The van der Waals surface area contributed by atoms with Crippen LogP contribution in [0.1, 0.15) is 19.8 Å². The minimum atomic E-state index is -0.706. The zero-order valence-corrected chi connectivity index (χ0v) is 6.39. The molecule has 0 saturated carbocycles. The Labute approximate surface area is 60.7 Å². The number of aliphatic imine (C=N–C) groups is 1. The lowest BCUT2D eigenvalue weighted by atomic mass is 9.97. The summed E-state index contributed by atoms with van der Waals surface area (Å²) in [4.78, 5) is 3.99. The Bertz CT molecular complexity index is 182. The Morgan fingerprint density at radius 1 is 1.70 bits per heavy atom. The predicted octanol–water partition coefficient (Wildman–Crippen LogP) is 2.14. The van der Waals surface area contributed by atoms with Gasteiger partial charge in [0.1, 0.15) is 6.17 Å². The topological polar surface area (TPSA) is 12.4 Å². The number of halogens is 1. The van der Waals surface area contributed by atoms with E-state index in [0.29, 0.717) is 12.8 Å². The molecular weight excluding hydrogens is 129 g/mol. The van der Waals surface area contributed by atoms with E-state index in [-0.39, 0.29) is 0 Å². The third kappa shape index (κ3) is 1.43. The average Bonchev–Trinajstić information content (AvgIpc) is 1.94. The fraction of sp³-hybridized carbons (Fsp3) is 0.625. The molecule has 0 saturated heterocycles. The highest BCUT2D eigenvalue weighted by atomic mass is 19.1. The van der Waals surface area contributed by atoms with E-state index in [1.165, 1.54) is 0 Å². The highest BCUT2D eigenvalue weighted by Gasteiger charge is 2.15. The molecule has 56 valence electrons. The van der Waals surface area contributed by atoms with Crippen molar-refractivity contribution in [3.63, 3.8) is 0 Å². The molecule has 0 spiro atoms. The number of rotatable bonds is 0. The van der Waals surface area contributed by atoms with E-state index in [4.69, 9.17) is 0 Å². The second-order valence-corrected chi connectivity index (χ2v) is 2.59. The van der Waals surface area contributed by atoms with Gasteiger partial charge in [-0.2, -0.15) is 0 Å². The van der Waals surface area contributed by atoms with Crippen molar-refractivity contribution in [2.75, 3.05) is 7.05 Å². The lowest BCUT2D eigenvalue weighted by Crippen LogP contribution is -2.14. The summed E-state index contributed by atoms with van der Waals surface area (Å²) < 4.78 is 12.7. The summed E-state index contributed by atoms with van der Waals surface area (Å²) in [6, 6.07) is 0. The van der Waals surface area contributed by atoms with Crippen LogP contribution in [0.3, 0.4) is 0 Å². The number of hydrogen-bond acceptors (Lipinski definition) is 1. The number of nitrogens with zero attached hydrogens (tertiary/aromatic N) is 1. The molecule has 2 heteroatoms. The van der Waals surface area contributed by atoms with Crippen LogP contribution in [0, 0.1) is 0 Å². The van der Waals surface area contributed by atoms with Gasteiger partial charge in [-0.1, -0.05) is 6.08 Å². The molecule has 0 radical (unpaired) electrons. The van der Waals surface area contributed by atoms with Gasteiger partial charge in [0.2, 0.25) is 0 Å². The third-order valence-electron chi connectivity index (χ3n) is 1.82. The number of hydrogen-bond donors (Lipinski definition) is 0. The van der Waals surface area contributed by atoms with Crippen molar-refractivity contribution in [2.24, 2.45) is 4.99 Å². The third-order valence-corrected chi connectivity index (χ3v) is 1.82. The summed E-state index contributed by atoms with van der Waals surface area (Å²) in [5, 5.41) is 0. The van der Waals surface area contributed by atoms with E-state index in [9.17, 15) is 4.39 Å². The van der Waals surface area contributed by atoms with Crippen LogP contribution >= 0.6 is 0 Å². The van der Waals surface area contributed by atoms with Gasteiger partial charge in [-0.25, -0.2) is 4.39 Å². The molecule has 1 nitrogen and oxygen atoms in total. The normalized spacial score (nSPS) is 30.5. The van der Waals surface area contributed by atoms with Gasteiger partial charge in [0.05, 0.1) is 0 Å². The van der Waals surface area contributed by atoms with E-state index < -0.39 is 6.17 Å². The first-order chi connectivity index (χ1) is 4.74. The molecule has 0 aromatic carbocycles. The van der Waals surface area contributed by atoms with Crippen molar-refractivity contribution >= 4 is 5.71 Å². The molecule has 10 heavy (non-hydrogen) atoms. The molecular formula is C8H12FN. The average molecular weight is 141 g/mol. The Morgan fingerprint density at radius 2 is 2.40 bits per heavy atom. The van der Waals surface area contributed by atoms with Crippen molar-refractivity contribution in [3.05, 3.63) is 11.6 Å². The molecule has 0 aromatic rings. The second-order valence-electron chi connectivity index (χ2n) is 2.59. The largest absolute Gasteiger partial charge is 0.293 e. The van der Waals surface area contributed by atoms with Crippen molar-refractivity contribution in [3.8, 4) is 0 Å². The highest BCUT2D eigenvalue weighted by Crippen LogP contribution is 2.17. The SMILES string of the molecule is CN=C1CC(F)CC=C1C. The molecule has 0 aliphatic heterocycles. The Morgan fingerprint density at radius 3 is 2.90 bits per heavy atom. The van der Waals surface area contributed by atoms with E-state index in [2.05, 4.69) is 4.99 Å². The van der Waals surface area contributed by atoms with Crippen molar-refractivity contribution < 1.29 is 4.39 Å². The first kappa shape index (κ1) is 7.45. The molecule has 0 aromatic heterocycles. The maximum atomic E-state index is 12.7. The maximum Gasteiger partial charge on any atom is 0.109 e. The van der Waals surface area contributed by atoms with Gasteiger partial charge in [0, 0.05) is 19.2 Å². The molecule has 0 N–H and O–H groups in total. The summed E-state index contributed by atoms with van der Waals surface area (Å²) in [5.74, 6) is 0. The van der Waals surface area contributed by atoms with Crippen LogP contribution in [0.4, 0.5) is 4.39 Å². The predicted molar refractivity (Wildman–Crippen MR) is 41.2 cm³/mol. The molecule has 1 unspecified atom stereocenters. The minimum absolute atomic E-state index is 0.499. The molecule has 0 fully saturated rings. The number of allylic oxidation sites excluding steroid dienone is 2. The summed E-state index contributed by atoms with van der Waals surface area (Å²) in [5.41, 5.74) is 2.05. The minimum Gasteiger partial charge on any atom is -0.293 e. The van der Waals surface area contributed by atoms with Crippen molar-refractivity contribution in [1.82, 2.24) is 0 Å². The van der Waals surface area contributed by atoms with Gasteiger partial charge in [0.25, 0.3) is 0 Å². The van der Waals surface area contributed by atoms with Crippen LogP contribution < -0.4 is 0 Å². The molecule has 1 atom stereocenters. The molecule has 1 rings (SSSR count). The quantitative estimate of drug-likeness (QED) is 0.490. The lowest BCUT2D eigenvalue weighted by molar-refractivity contribution is 0.343. The Balaban J connectivity index is 2.75. The van der Waals surface area contributed by atoms with Crippen LogP contribution in [0.25, 0.3) is 0 Å². The van der Waals surface area contributed by atoms with Crippen molar-refractivity contribution in [1.29, 1.82) is 0 Å². The zero-order valence-electron chi connectivity index (χ0n) is 6.39. The molecule has 1 aliphatic carbocycles. The van der Waals surface area contributed by atoms with Gasteiger partial charge in [-0.15, -0.1) is 0 Å². The van der Waals surface area contributed by atoms with Crippen LogP contribution in [-0.4, -0.2) is 18.9 Å². The summed E-state index contributed by atoms with van der Waals surface area (Å²) in [7, 11) is 1.71. The fourth-order valence-electron chi connectivity index (χ4n) is 1.14. The highest BCUT2D eigenvalue weighted by molar-refractivity contribution is 6.00. The standard InChI is InChI=1S/C8H12FN/c1-6-3-4-7(9)5-8(6)10-2/h3,7H,4-5H2,1-2H3. The lowest BCUT2D eigenvalue weighted by Gasteiger charge is -2.14. The van der Waals surface area contributed by atoms with Gasteiger partial charge < -0.3 is 0 Å². The van der Waals surface area contributed by atoms with E-state index in [1.54, 1.807) is 7.05 Å². The van der Waals surface area contributed by atoms with Crippen LogP contribution in [0.2, 0.25) is 0 Å². The van der Waals surface area contributed by atoms with Crippen LogP contribution in [0.15, 0.2) is 16.6 Å². The summed E-state index contributed by atoms with van der Waals surface area (Å²) in [6.07, 6.45) is 2.27. The first-order valence-electron chi connectivity index (χ1n) is 3.51. The van der Waals surface area contributed by atoms with E-state index >= 15 is 0 Å². The summed E-state index contributed by atoms with van der Waals surface area (Å²) in [6.45, 7) is 1.98. The molecule has 0 heterocycles. The Hall–Kier alpha value is -0.660. The smallest absolute Gasteiger partial charge is 0.109 e. The number of alkyl halides is 1. The molecule has 1 aliphatic rings.